The lowest BCUT2D eigenvalue weighted by Gasteiger charge is -2.31. The maximum Gasteiger partial charge on any atom is 0.508 e. The number of carbonyl (C=O) groups excluding carboxylic acids is 3. The number of hydrogen-bond acceptors (Lipinski definition) is 9. The van der Waals surface area contributed by atoms with Crippen LogP contribution in [0.1, 0.15) is 64.9 Å². The van der Waals surface area contributed by atoms with Crippen LogP contribution >= 0.6 is 0 Å². The molecule has 0 radical (unpaired) electrons. The number of methoxy groups -OCH3 is 1. The predicted molar refractivity (Wildman–Crippen MR) is 118 cm³/mol. The highest BCUT2D eigenvalue weighted by atomic mass is 16.7. The third-order valence-corrected chi connectivity index (χ3v) is 5.14. The van der Waals surface area contributed by atoms with Gasteiger partial charge in [-0.05, 0) is 37.5 Å². The Morgan fingerprint density at radius 1 is 0.970 bits per heavy atom. The third-order valence-electron chi connectivity index (χ3n) is 5.14. The molecule has 0 aromatic heterocycles. The van der Waals surface area contributed by atoms with E-state index in [0.29, 0.717) is 18.4 Å². The number of carboxylic acids is 1. The first-order valence-corrected chi connectivity index (χ1v) is 10.8. The lowest BCUT2D eigenvalue weighted by atomic mass is 9.79. The Balaban J connectivity index is 3.43. The Hall–Kier alpha value is -3.14. The van der Waals surface area contributed by atoms with Crippen LogP contribution in [0.4, 0.5) is 4.79 Å². The van der Waals surface area contributed by atoms with Gasteiger partial charge in [-0.25, -0.2) is 4.79 Å². The van der Waals surface area contributed by atoms with Crippen molar-refractivity contribution in [2.24, 2.45) is 11.7 Å². The summed E-state index contributed by atoms with van der Waals surface area (Å²) >= 11 is 0. The second-order valence-corrected chi connectivity index (χ2v) is 7.68. The molecule has 0 aliphatic carbocycles. The van der Waals surface area contributed by atoms with Crippen molar-refractivity contribution in [2.45, 2.75) is 71.4 Å². The van der Waals surface area contributed by atoms with Crippen LogP contribution in [-0.2, 0) is 23.9 Å². The summed E-state index contributed by atoms with van der Waals surface area (Å²) in [5, 5.41) is 9.58. The summed E-state index contributed by atoms with van der Waals surface area (Å²) in [6.45, 7) is 6.90. The molecule has 0 saturated carbocycles. The average Bonchev–Trinajstić information content (AvgIpc) is 2.75. The lowest BCUT2D eigenvalue weighted by Crippen LogP contribution is -2.42. The SMILES string of the molecule is CCCC(=O)Oc1ccc(C(C(C)C(C)OC(=O)OC)[C@H](N)C(=O)O)cc1OC(=O)CCC. The first-order valence-electron chi connectivity index (χ1n) is 10.8. The van der Waals surface area contributed by atoms with Crippen molar-refractivity contribution < 1.29 is 43.2 Å². The van der Waals surface area contributed by atoms with Gasteiger partial charge in [0.25, 0.3) is 0 Å². The summed E-state index contributed by atoms with van der Waals surface area (Å²) in [5.74, 6) is -3.68. The Morgan fingerprint density at radius 3 is 2.00 bits per heavy atom. The van der Waals surface area contributed by atoms with E-state index in [-0.39, 0.29) is 24.3 Å². The molecule has 0 amide bonds. The maximum absolute atomic E-state index is 12.1. The highest BCUT2D eigenvalue weighted by Crippen LogP contribution is 2.37. The second-order valence-electron chi connectivity index (χ2n) is 7.68. The van der Waals surface area contributed by atoms with E-state index in [0.717, 1.165) is 7.11 Å². The van der Waals surface area contributed by atoms with Gasteiger partial charge >= 0.3 is 24.1 Å². The second kappa shape index (κ2) is 13.4. The average molecular weight is 468 g/mol. The molecule has 3 unspecified atom stereocenters. The number of benzene rings is 1. The van der Waals surface area contributed by atoms with E-state index in [9.17, 15) is 24.3 Å². The number of nitrogens with two attached hydrogens (primary N) is 1. The van der Waals surface area contributed by atoms with Gasteiger partial charge in [-0.3, -0.25) is 14.4 Å². The highest BCUT2D eigenvalue weighted by molar-refractivity contribution is 5.77. The van der Waals surface area contributed by atoms with Gasteiger partial charge in [0.1, 0.15) is 12.1 Å². The molecule has 0 saturated heterocycles. The van der Waals surface area contributed by atoms with Gasteiger partial charge in [0.05, 0.1) is 7.11 Å². The molecule has 10 heteroatoms. The van der Waals surface area contributed by atoms with Crippen molar-refractivity contribution in [3.05, 3.63) is 23.8 Å². The normalized spacial score (nSPS) is 14.4. The minimum absolute atomic E-state index is 0.0215. The molecule has 0 aliphatic heterocycles. The lowest BCUT2D eigenvalue weighted by molar-refractivity contribution is -0.140. The van der Waals surface area contributed by atoms with E-state index < -0.39 is 48.0 Å². The number of hydrogen-bond donors (Lipinski definition) is 2. The molecule has 3 N–H and O–H groups in total. The van der Waals surface area contributed by atoms with Gasteiger partial charge in [0, 0.05) is 24.7 Å². The van der Waals surface area contributed by atoms with Crippen molar-refractivity contribution >= 4 is 24.1 Å². The molecule has 33 heavy (non-hydrogen) atoms. The number of carbonyl (C=O) groups is 4. The number of ether oxygens (including phenoxy) is 4. The van der Waals surface area contributed by atoms with Crippen LogP contribution in [-0.4, -0.2) is 48.4 Å². The summed E-state index contributed by atoms with van der Waals surface area (Å²) in [6.07, 6.45) is -0.214. The Morgan fingerprint density at radius 2 is 1.52 bits per heavy atom. The van der Waals surface area contributed by atoms with Crippen molar-refractivity contribution in [1.82, 2.24) is 0 Å². The van der Waals surface area contributed by atoms with E-state index >= 15 is 0 Å². The Labute approximate surface area is 193 Å². The summed E-state index contributed by atoms with van der Waals surface area (Å²) in [7, 11) is 1.16. The minimum Gasteiger partial charge on any atom is -0.480 e. The number of esters is 2. The van der Waals surface area contributed by atoms with Crippen LogP contribution in [0.15, 0.2) is 18.2 Å². The van der Waals surface area contributed by atoms with Crippen molar-refractivity contribution in [2.75, 3.05) is 7.11 Å². The molecule has 10 nitrogen and oxygen atoms in total. The quantitative estimate of drug-likeness (QED) is 0.345. The largest absolute Gasteiger partial charge is 0.508 e. The van der Waals surface area contributed by atoms with Crippen LogP contribution in [0.3, 0.4) is 0 Å². The zero-order valence-electron chi connectivity index (χ0n) is 19.7. The first kappa shape index (κ1) is 27.9. The first-order chi connectivity index (χ1) is 15.5. The minimum atomic E-state index is -1.36. The van der Waals surface area contributed by atoms with Gasteiger partial charge in [-0.15, -0.1) is 0 Å². The summed E-state index contributed by atoms with van der Waals surface area (Å²) in [6, 6.07) is 3.03. The van der Waals surface area contributed by atoms with Crippen LogP contribution < -0.4 is 15.2 Å². The number of aliphatic carboxylic acids is 1. The maximum atomic E-state index is 12.1. The van der Waals surface area contributed by atoms with E-state index in [1.54, 1.807) is 19.9 Å². The van der Waals surface area contributed by atoms with E-state index in [1.165, 1.54) is 12.1 Å². The molecule has 0 fully saturated rings. The van der Waals surface area contributed by atoms with E-state index in [4.69, 9.17) is 19.9 Å². The summed E-state index contributed by atoms with van der Waals surface area (Å²) in [4.78, 5) is 47.4. The molecular formula is C23H33NO9. The van der Waals surface area contributed by atoms with Gasteiger partial charge in [0.2, 0.25) is 0 Å². The molecule has 1 rings (SSSR count). The third kappa shape index (κ3) is 8.38. The zero-order valence-corrected chi connectivity index (χ0v) is 19.7. The van der Waals surface area contributed by atoms with Gasteiger partial charge < -0.3 is 29.8 Å². The smallest absolute Gasteiger partial charge is 0.480 e. The van der Waals surface area contributed by atoms with Crippen molar-refractivity contribution in [3.63, 3.8) is 0 Å². The Kier molecular flexibility index (Phi) is 11.3. The molecule has 1 aromatic rings. The predicted octanol–water partition coefficient (Wildman–Crippen LogP) is 3.40. The molecule has 0 aliphatic rings. The van der Waals surface area contributed by atoms with Crippen LogP contribution in [0.5, 0.6) is 11.5 Å². The molecule has 0 spiro atoms. The van der Waals surface area contributed by atoms with Crippen molar-refractivity contribution in [3.8, 4) is 11.5 Å². The van der Waals surface area contributed by atoms with Crippen LogP contribution in [0, 0.1) is 5.92 Å². The van der Waals surface area contributed by atoms with Gasteiger partial charge in [-0.2, -0.15) is 0 Å². The van der Waals surface area contributed by atoms with Gasteiger partial charge in [0.15, 0.2) is 11.5 Å². The zero-order chi connectivity index (χ0) is 25.1. The fourth-order valence-corrected chi connectivity index (χ4v) is 3.24. The molecule has 1 aromatic carbocycles. The van der Waals surface area contributed by atoms with Crippen LogP contribution in [0.25, 0.3) is 0 Å². The molecule has 0 heterocycles. The Bertz CT molecular complexity index is 839. The highest BCUT2D eigenvalue weighted by Gasteiger charge is 2.36. The molecular weight excluding hydrogens is 434 g/mol. The van der Waals surface area contributed by atoms with Crippen molar-refractivity contribution in [1.29, 1.82) is 0 Å². The summed E-state index contributed by atoms with van der Waals surface area (Å²) in [5.41, 5.74) is 6.40. The monoisotopic (exact) mass is 467 g/mol. The molecule has 4 atom stereocenters. The molecule has 0 bridgehead atoms. The fourth-order valence-electron chi connectivity index (χ4n) is 3.24. The standard InChI is InChI=1S/C23H33NO9/c1-6-8-18(25)32-16-11-10-15(12-17(16)33-19(26)9-7-2)20(21(24)22(27)28)13(3)14(4)31-23(29)30-5/h10-14,20-21H,6-9,24H2,1-5H3,(H,27,28)/t13?,14?,20?,21-/m0/s1. The van der Waals surface area contributed by atoms with Crippen LogP contribution in [0.2, 0.25) is 0 Å². The van der Waals surface area contributed by atoms with E-state index in [2.05, 4.69) is 4.74 Å². The molecule has 184 valence electrons. The number of carboxylic acid groups (broad SMARTS) is 1. The van der Waals surface area contributed by atoms with E-state index in [1.807, 2.05) is 13.8 Å². The number of rotatable bonds is 12. The summed E-state index contributed by atoms with van der Waals surface area (Å²) < 4.78 is 20.4. The fraction of sp³-hybridized carbons (Fsp3) is 0.565. The van der Waals surface area contributed by atoms with Gasteiger partial charge in [-0.1, -0.05) is 26.8 Å². The topological polar surface area (TPSA) is 151 Å².